The Bertz CT molecular complexity index is 1090. The summed E-state index contributed by atoms with van der Waals surface area (Å²) >= 11 is 0. The molecule has 1 fully saturated rings. The molecule has 1 N–H and O–H groups in total. The molecular weight excluding hydrogens is 448 g/mol. The zero-order valence-electron chi connectivity index (χ0n) is 18.2. The number of pyridine rings is 1. The van der Waals surface area contributed by atoms with Crippen LogP contribution >= 0.6 is 0 Å². The summed E-state index contributed by atoms with van der Waals surface area (Å²) in [6.45, 7) is 2.78. The lowest BCUT2D eigenvalue weighted by atomic mass is 9.78. The third kappa shape index (κ3) is 4.77. The van der Waals surface area contributed by atoms with Crippen molar-refractivity contribution in [2.75, 3.05) is 5.32 Å². The summed E-state index contributed by atoms with van der Waals surface area (Å²) < 4.78 is 64.6. The molecule has 11 heteroatoms. The lowest BCUT2D eigenvalue weighted by Crippen LogP contribution is -2.35. The number of nitrogens with zero attached hydrogens (tertiary/aromatic N) is 1. The number of aromatic nitrogens is 1. The molecule has 33 heavy (non-hydrogen) atoms. The Balaban J connectivity index is 2.02. The van der Waals surface area contributed by atoms with Crippen LogP contribution in [0.3, 0.4) is 0 Å². The fraction of sp³-hybridized carbons (Fsp3) is 0.409. The van der Waals surface area contributed by atoms with Crippen LogP contribution in [0.2, 0.25) is 0 Å². The number of anilines is 1. The van der Waals surface area contributed by atoms with Crippen LogP contribution < -0.4 is 14.8 Å². The van der Waals surface area contributed by atoms with E-state index in [1.807, 2.05) is 0 Å². The average molecular weight is 470 g/mol. The first-order chi connectivity index (χ1) is 15.3. The molecule has 1 aliphatic heterocycles. The van der Waals surface area contributed by atoms with Gasteiger partial charge in [-0.25, -0.2) is 4.39 Å². The first kappa shape index (κ1) is 24.4. The van der Waals surface area contributed by atoms with Gasteiger partial charge in [-0.3, -0.25) is 9.59 Å². The van der Waals surface area contributed by atoms with Gasteiger partial charge in [0.1, 0.15) is 6.10 Å². The number of carbonyl (C=O) groups is 2. The molecule has 0 unspecified atom stereocenters. The zero-order valence-corrected chi connectivity index (χ0v) is 18.2. The number of ketones is 1. The molecule has 0 bridgehead atoms. The molecule has 1 saturated heterocycles. The van der Waals surface area contributed by atoms with E-state index in [0.717, 1.165) is 18.3 Å². The highest BCUT2D eigenvalue weighted by molar-refractivity contribution is 5.97. The van der Waals surface area contributed by atoms with E-state index in [9.17, 15) is 32.4 Å². The van der Waals surface area contributed by atoms with Crippen molar-refractivity contribution < 1.29 is 41.4 Å². The second-order valence-electron chi connectivity index (χ2n) is 8.29. The van der Waals surface area contributed by atoms with Crippen molar-refractivity contribution in [1.29, 1.82) is 0 Å². The van der Waals surface area contributed by atoms with Crippen LogP contribution in [0.5, 0.6) is 5.75 Å². The SMILES string of the molecule is CC(=O)c1cc(NC(=O)[C@@H]2OC(C)(C)[C@H](C)[C@@H]2c2ccc(F)c(F)c2OC(F)F)cc[n+]1[O-]. The van der Waals surface area contributed by atoms with E-state index in [1.165, 1.54) is 19.1 Å². The Labute approximate surface area is 186 Å². The van der Waals surface area contributed by atoms with Crippen LogP contribution in [0.15, 0.2) is 30.5 Å². The lowest BCUT2D eigenvalue weighted by molar-refractivity contribution is -0.607. The molecule has 0 radical (unpaired) electrons. The monoisotopic (exact) mass is 470 g/mol. The maximum absolute atomic E-state index is 14.4. The van der Waals surface area contributed by atoms with Gasteiger partial charge in [0.25, 0.3) is 11.6 Å². The number of ether oxygens (including phenoxy) is 2. The molecule has 1 aromatic carbocycles. The third-order valence-electron chi connectivity index (χ3n) is 5.84. The first-order valence-corrected chi connectivity index (χ1v) is 9.99. The first-order valence-electron chi connectivity index (χ1n) is 9.99. The second-order valence-corrected chi connectivity index (χ2v) is 8.29. The molecule has 2 aromatic rings. The molecule has 2 heterocycles. The second kappa shape index (κ2) is 8.97. The van der Waals surface area contributed by atoms with Crippen LogP contribution in [0.1, 0.15) is 49.7 Å². The molecule has 1 aliphatic rings. The van der Waals surface area contributed by atoms with Crippen LogP contribution in [-0.2, 0) is 9.53 Å². The minimum Gasteiger partial charge on any atom is -0.618 e. The minimum absolute atomic E-state index is 0.117. The summed E-state index contributed by atoms with van der Waals surface area (Å²) in [4.78, 5) is 24.7. The highest BCUT2D eigenvalue weighted by Gasteiger charge is 2.52. The Kier molecular flexibility index (Phi) is 6.64. The van der Waals surface area contributed by atoms with E-state index in [-0.39, 0.29) is 16.9 Å². The fourth-order valence-corrected chi connectivity index (χ4v) is 3.91. The number of hydrogen-bond acceptors (Lipinski definition) is 5. The Morgan fingerprint density at radius 2 is 1.91 bits per heavy atom. The summed E-state index contributed by atoms with van der Waals surface area (Å²) in [5, 5.41) is 14.2. The van der Waals surface area contributed by atoms with Crippen molar-refractivity contribution in [2.24, 2.45) is 5.92 Å². The van der Waals surface area contributed by atoms with E-state index in [1.54, 1.807) is 20.8 Å². The van der Waals surface area contributed by atoms with Gasteiger partial charge in [-0.15, -0.1) is 0 Å². The van der Waals surface area contributed by atoms with Crippen LogP contribution in [-0.4, -0.2) is 30.0 Å². The quantitative estimate of drug-likeness (QED) is 0.299. The minimum atomic E-state index is -3.42. The summed E-state index contributed by atoms with van der Waals surface area (Å²) in [5.41, 5.74) is -1.19. The summed E-state index contributed by atoms with van der Waals surface area (Å²) in [6.07, 6.45) is -0.268. The topological polar surface area (TPSA) is 91.6 Å². The zero-order chi connectivity index (χ0) is 24.7. The maximum atomic E-state index is 14.4. The van der Waals surface area contributed by atoms with E-state index in [0.29, 0.717) is 4.73 Å². The number of halogens is 4. The standard InChI is InChI=1S/C22H22F4N2O5/c1-10-16(13-5-6-14(23)17(24)18(13)32-21(25)26)19(33-22(10,3)4)20(30)27-12-7-8-28(31)15(9-12)11(2)29/h5-10,16,19,21H,1-4H3,(H,27,30)/t10-,16-,19-/m1/s1. The average Bonchev–Trinajstić information content (AvgIpc) is 2.96. The molecular formula is C22H22F4N2O5. The van der Waals surface area contributed by atoms with Gasteiger partial charge in [0.05, 0.1) is 11.3 Å². The molecule has 3 atom stereocenters. The Morgan fingerprint density at radius 3 is 2.52 bits per heavy atom. The van der Waals surface area contributed by atoms with Crippen molar-refractivity contribution in [2.45, 2.75) is 51.9 Å². The number of carbonyl (C=O) groups excluding carboxylic acids is 2. The molecule has 0 spiro atoms. The van der Waals surface area contributed by atoms with Crippen molar-refractivity contribution in [3.8, 4) is 5.75 Å². The van der Waals surface area contributed by atoms with Gasteiger partial charge in [0.15, 0.2) is 17.8 Å². The molecule has 178 valence electrons. The van der Waals surface area contributed by atoms with Gasteiger partial charge in [-0.05, 0) is 25.8 Å². The lowest BCUT2D eigenvalue weighted by Gasteiger charge is -2.26. The summed E-state index contributed by atoms with van der Waals surface area (Å²) in [6, 6.07) is 4.28. The Hall–Kier alpha value is -3.21. The highest BCUT2D eigenvalue weighted by Crippen LogP contribution is 2.49. The number of hydrogen-bond donors (Lipinski definition) is 1. The summed E-state index contributed by atoms with van der Waals surface area (Å²) in [7, 11) is 0. The van der Waals surface area contributed by atoms with Crippen molar-refractivity contribution in [3.05, 3.63) is 58.6 Å². The highest BCUT2D eigenvalue weighted by atomic mass is 19.3. The normalized spacial score (nSPS) is 21.8. The van der Waals surface area contributed by atoms with Crippen molar-refractivity contribution in [1.82, 2.24) is 0 Å². The molecule has 7 nitrogen and oxygen atoms in total. The summed E-state index contributed by atoms with van der Waals surface area (Å²) in [5.74, 6) is -6.72. The number of nitrogens with one attached hydrogen (secondary N) is 1. The van der Waals surface area contributed by atoms with Gasteiger partial charge in [-0.2, -0.15) is 17.9 Å². The fourth-order valence-electron chi connectivity index (χ4n) is 3.91. The van der Waals surface area contributed by atoms with Crippen LogP contribution in [0.4, 0.5) is 23.2 Å². The molecule has 1 aromatic heterocycles. The number of alkyl halides is 2. The van der Waals surface area contributed by atoms with E-state index in [4.69, 9.17) is 4.74 Å². The number of Topliss-reactive ketones (excluding diaryl/α,β-unsaturated/α-hetero) is 1. The van der Waals surface area contributed by atoms with Crippen molar-refractivity contribution in [3.63, 3.8) is 0 Å². The van der Waals surface area contributed by atoms with Gasteiger partial charge in [0.2, 0.25) is 11.6 Å². The maximum Gasteiger partial charge on any atom is 0.387 e. The Morgan fingerprint density at radius 1 is 1.24 bits per heavy atom. The predicted octanol–water partition coefficient (Wildman–Crippen LogP) is 3.94. The van der Waals surface area contributed by atoms with Gasteiger partial charge in [0, 0.05) is 30.5 Å². The molecule has 3 rings (SSSR count). The van der Waals surface area contributed by atoms with Crippen LogP contribution in [0, 0.1) is 22.8 Å². The van der Waals surface area contributed by atoms with E-state index in [2.05, 4.69) is 10.1 Å². The van der Waals surface area contributed by atoms with Gasteiger partial charge < -0.3 is 20.0 Å². The van der Waals surface area contributed by atoms with E-state index < -0.39 is 59.2 Å². The smallest absolute Gasteiger partial charge is 0.387 e. The van der Waals surface area contributed by atoms with Gasteiger partial charge >= 0.3 is 6.61 Å². The van der Waals surface area contributed by atoms with Gasteiger partial charge in [-0.1, -0.05) is 13.0 Å². The van der Waals surface area contributed by atoms with Crippen molar-refractivity contribution >= 4 is 17.4 Å². The number of benzene rings is 1. The molecule has 0 saturated carbocycles. The molecule has 1 amide bonds. The largest absolute Gasteiger partial charge is 0.618 e. The molecule has 0 aliphatic carbocycles. The number of rotatable bonds is 6. The predicted molar refractivity (Wildman–Crippen MR) is 108 cm³/mol. The van der Waals surface area contributed by atoms with E-state index >= 15 is 0 Å². The number of amides is 1. The van der Waals surface area contributed by atoms with Crippen LogP contribution in [0.25, 0.3) is 0 Å². The third-order valence-corrected chi connectivity index (χ3v) is 5.84.